The van der Waals surface area contributed by atoms with E-state index in [0.29, 0.717) is 13.2 Å². The Bertz CT molecular complexity index is 632. The van der Waals surface area contributed by atoms with E-state index in [2.05, 4.69) is 76.4 Å². The van der Waals surface area contributed by atoms with E-state index in [1.165, 1.54) is 11.1 Å². The van der Waals surface area contributed by atoms with Crippen molar-refractivity contribution in [1.29, 1.82) is 0 Å². The van der Waals surface area contributed by atoms with Crippen LogP contribution in [0.15, 0.2) is 54.6 Å². The number of hydrogen-bond donors (Lipinski definition) is 0. The second kappa shape index (κ2) is 8.26. The summed E-state index contributed by atoms with van der Waals surface area (Å²) in [6.45, 7) is 3.05. The number of halogens is 1. The number of rotatable bonds is 6. The fourth-order valence-corrected chi connectivity index (χ4v) is 3.26. The molecule has 1 saturated heterocycles. The van der Waals surface area contributed by atoms with Gasteiger partial charge in [-0.05, 0) is 24.6 Å². The summed E-state index contributed by atoms with van der Waals surface area (Å²) in [5, 5.41) is 0.936. The highest BCUT2D eigenvalue weighted by molar-refractivity contribution is 9.09. The molecule has 1 fully saturated rings. The fourth-order valence-electron chi connectivity index (χ4n) is 3.03. The first-order valence-electron chi connectivity index (χ1n) is 8.42. The molecule has 2 aromatic carbocycles. The molecule has 24 heavy (non-hydrogen) atoms. The van der Waals surface area contributed by atoms with E-state index in [4.69, 9.17) is 9.47 Å². The van der Waals surface area contributed by atoms with Gasteiger partial charge in [-0.2, -0.15) is 0 Å². The molecule has 128 valence electrons. The zero-order valence-electron chi connectivity index (χ0n) is 14.1. The molecule has 3 nitrogen and oxygen atoms in total. The van der Waals surface area contributed by atoms with Gasteiger partial charge in [0.1, 0.15) is 0 Å². The molecular weight excluding hydrogens is 366 g/mol. The third kappa shape index (κ3) is 4.06. The number of ether oxygens (including phenoxy) is 2. The van der Waals surface area contributed by atoms with E-state index in [9.17, 15) is 0 Å². The fraction of sp³-hybridized carbons (Fsp3) is 0.400. The van der Waals surface area contributed by atoms with Crippen LogP contribution in [-0.4, -0.2) is 43.6 Å². The first kappa shape index (κ1) is 17.6. The van der Waals surface area contributed by atoms with Crippen molar-refractivity contribution in [2.45, 2.75) is 12.2 Å². The van der Waals surface area contributed by atoms with E-state index in [-0.39, 0.29) is 0 Å². The molecule has 0 radical (unpaired) electrons. The van der Waals surface area contributed by atoms with Crippen LogP contribution in [0.1, 0.15) is 12.0 Å². The van der Waals surface area contributed by atoms with Gasteiger partial charge in [0.2, 0.25) is 5.79 Å². The summed E-state index contributed by atoms with van der Waals surface area (Å²) < 4.78 is 12.4. The average Bonchev–Trinajstić information content (AvgIpc) is 2.63. The molecule has 4 heteroatoms. The Labute approximate surface area is 152 Å². The lowest BCUT2D eigenvalue weighted by atomic mass is 9.99. The third-order valence-electron chi connectivity index (χ3n) is 4.33. The van der Waals surface area contributed by atoms with Crippen molar-refractivity contribution in [3.05, 3.63) is 60.2 Å². The van der Waals surface area contributed by atoms with Crippen molar-refractivity contribution >= 4 is 15.9 Å². The van der Waals surface area contributed by atoms with Crippen LogP contribution in [0.25, 0.3) is 11.1 Å². The zero-order chi connectivity index (χ0) is 16.8. The maximum absolute atomic E-state index is 6.22. The molecule has 0 N–H and O–H groups in total. The minimum Gasteiger partial charge on any atom is -0.345 e. The van der Waals surface area contributed by atoms with Crippen LogP contribution >= 0.6 is 15.9 Å². The second-order valence-corrected chi connectivity index (χ2v) is 6.97. The van der Waals surface area contributed by atoms with Gasteiger partial charge in [-0.15, -0.1) is 0 Å². The number of benzene rings is 2. The Morgan fingerprint density at radius 1 is 1.08 bits per heavy atom. The average molecular weight is 390 g/mol. The van der Waals surface area contributed by atoms with E-state index in [1.807, 2.05) is 6.07 Å². The van der Waals surface area contributed by atoms with E-state index in [0.717, 1.165) is 30.4 Å². The molecule has 1 heterocycles. The Kier molecular flexibility index (Phi) is 6.06. The van der Waals surface area contributed by atoms with Crippen molar-refractivity contribution in [2.75, 3.05) is 38.7 Å². The third-order valence-corrected chi connectivity index (χ3v) is 4.89. The summed E-state index contributed by atoms with van der Waals surface area (Å²) in [4.78, 5) is 2.27. The maximum atomic E-state index is 6.22. The summed E-state index contributed by atoms with van der Waals surface area (Å²) >= 11 is 3.46. The lowest BCUT2D eigenvalue weighted by Gasteiger charge is -2.41. The molecule has 0 spiro atoms. The van der Waals surface area contributed by atoms with Gasteiger partial charge < -0.3 is 9.47 Å². The van der Waals surface area contributed by atoms with Crippen molar-refractivity contribution in [3.63, 3.8) is 0 Å². The number of alkyl halides is 1. The van der Waals surface area contributed by atoms with Crippen molar-refractivity contribution in [3.8, 4) is 11.1 Å². The maximum Gasteiger partial charge on any atom is 0.208 e. The van der Waals surface area contributed by atoms with Crippen LogP contribution in [0.5, 0.6) is 0 Å². The molecule has 1 aliphatic heterocycles. The van der Waals surface area contributed by atoms with Gasteiger partial charge in [0, 0.05) is 17.4 Å². The van der Waals surface area contributed by atoms with Crippen LogP contribution < -0.4 is 0 Å². The Balaban J connectivity index is 1.84. The predicted molar refractivity (Wildman–Crippen MR) is 101 cm³/mol. The van der Waals surface area contributed by atoms with Gasteiger partial charge in [-0.1, -0.05) is 70.5 Å². The Morgan fingerprint density at radius 2 is 1.79 bits per heavy atom. The summed E-state index contributed by atoms with van der Waals surface area (Å²) in [6, 6.07) is 19.0. The molecule has 1 atom stereocenters. The monoisotopic (exact) mass is 389 g/mol. The smallest absolute Gasteiger partial charge is 0.208 e. The topological polar surface area (TPSA) is 21.7 Å². The first-order valence-corrected chi connectivity index (χ1v) is 9.54. The van der Waals surface area contributed by atoms with Gasteiger partial charge >= 0.3 is 0 Å². The lowest BCUT2D eigenvalue weighted by Crippen LogP contribution is -2.50. The minimum absolute atomic E-state index is 0.662. The van der Waals surface area contributed by atoms with Crippen LogP contribution in [0.2, 0.25) is 0 Å². The van der Waals surface area contributed by atoms with E-state index < -0.39 is 5.79 Å². The second-order valence-electron chi connectivity index (χ2n) is 6.17. The normalized spacial score (nSPS) is 21.8. The van der Waals surface area contributed by atoms with Crippen molar-refractivity contribution < 1.29 is 9.47 Å². The molecule has 0 saturated carbocycles. The highest BCUT2D eigenvalue weighted by Crippen LogP contribution is 2.32. The summed E-state index contributed by atoms with van der Waals surface area (Å²) in [6.07, 6.45) is 0.969. The Morgan fingerprint density at radius 3 is 2.46 bits per heavy atom. The summed E-state index contributed by atoms with van der Waals surface area (Å²) in [5.41, 5.74) is 3.52. The molecule has 0 aliphatic carbocycles. The van der Waals surface area contributed by atoms with Gasteiger partial charge in [-0.25, -0.2) is 0 Å². The number of nitrogens with zero attached hydrogens (tertiary/aromatic N) is 1. The van der Waals surface area contributed by atoms with Crippen LogP contribution in [0.4, 0.5) is 0 Å². The number of hydrogen-bond acceptors (Lipinski definition) is 3. The molecule has 2 aromatic rings. The largest absolute Gasteiger partial charge is 0.345 e. The van der Waals surface area contributed by atoms with Gasteiger partial charge in [0.05, 0.1) is 19.8 Å². The van der Waals surface area contributed by atoms with Crippen molar-refractivity contribution in [1.82, 2.24) is 4.90 Å². The SMILES string of the molecule is CN1CCOC(OCCCBr)(c2ccc(-c3ccccc3)cc2)C1. The highest BCUT2D eigenvalue weighted by atomic mass is 79.9. The minimum atomic E-state index is -0.662. The van der Waals surface area contributed by atoms with Crippen LogP contribution in [0, 0.1) is 0 Å². The lowest BCUT2D eigenvalue weighted by molar-refractivity contribution is -0.274. The molecule has 0 amide bonds. The number of morpholine rings is 1. The predicted octanol–water partition coefficient (Wildman–Crippen LogP) is 4.27. The van der Waals surface area contributed by atoms with Crippen LogP contribution in [-0.2, 0) is 15.3 Å². The molecule has 3 rings (SSSR count). The molecule has 0 aromatic heterocycles. The quantitative estimate of drug-likeness (QED) is 0.543. The van der Waals surface area contributed by atoms with Gasteiger partial charge in [-0.3, -0.25) is 4.90 Å². The van der Waals surface area contributed by atoms with Gasteiger partial charge in [0.15, 0.2) is 0 Å². The molecule has 1 unspecified atom stereocenters. The molecule has 1 aliphatic rings. The van der Waals surface area contributed by atoms with Crippen LogP contribution in [0.3, 0.4) is 0 Å². The molecule has 0 bridgehead atoms. The van der Waals surface area contributed by atoms with Gasteiger partial charge in [0.25, 0.3) is 0 Å². The zero-order valence-corrected chi connectivity index (χ0v) is 15.7. The number of likely N-dealkylation sites (N-methyl/N-ethyl adjacent to an activating group) is 1. The Hall–Kier alpha value is -1.20. The van der Waals surface area contributed by atoms with Crippen molar-refractivity contribution in [2.24, 2.45) is 0 Å². The summed E-state index contributed by atoms with van der Waals surface area (Å²) in [7, 11) is 2.11. The highest BCUT2D eigenvalue weighted by Gasteiger charge is 2.38. The van der Waals surface area contributed by atoms with E-state index >= 15 is 0 Å². The molecular formula is C20H24BrNO2. The van der Waals surface area contributed by atoms with E-state index in [1.54, 1.807) is 0 Å². The first-order chi connectivity index (χ1) is 11.7. The summed E-state index contributed by atoms with van der Waals surface area (Å²) in [5.74, 6) is -0.662. The standard InChI is InChI=1S/C20H24BrNO2/c1-22-13-15-24-20(16-22,23-14-5-12-21)19-10-8-18(9-11-19)17-6-3-2-4-7-17/h2-4,6-11H,5,12-16H2,1H3.